The Balaban J connectivity index is 2.03. The number of carbonyl (C=O) groups excluding carboxylic acids is 1. The first-order valence-corrected chi connectivity index (χ1v) is 7.49. The van der Waals surface area contributed by atoms with Crippen molar-refractivity contribution in [3.05, 3.63) is 69.2 Å². The smallest absolute Gasteiger partial charge is 0.255 e. The van der Waals surface area contributed by atoms with Crippen LogP contribution < -0.4 is 0 Å². The van der Waals surface area contributed by atoms with E-state index in [9.17, 15) is 4.79 Å². The lowest BCUT2D eigenvalue weighted by atomic mass is 10.1. The molecule has 0 aromatic heterocycles. The summed E-state index contributed by atoms with van der Waals surface area (Å²) in [4.78, 5) is 14.1. The third kappa shape index (κ3) is 3.84. The Morgan fingerprint density at radius 1 is 1.20 bits per heavy atom. The predicted octanol–water partition coefficient (Wildman–Crippen LogP) is 4.42. The number of hydrogen-bond donors (Lipinski definition) is 0. The topological polar surface area (TPSA) is 20.3 Å². The molecular weight excluding hydrogens is 338 g/mol. The molecular formula is C16H15BrClNO. The quantitative estimate of drug-likeness (QED) is 0.798. The van der Waals surface area contributed by atoms with Gasteiger partial charge in [-0.25, -0.2) is 0 Å². The molecule has 4 heteroatoms. The predicted molar refractivity (Wildman–Crippen MR) is 86.3 cm³/mol. The van der Waals surface area contributed by atoms with E-state index in [2.05, 4.69) is 28.1 Å². The van der Waals surface area contributed by atoms with Crippen molar-refractivity contribution in [3.63, 3.8) is 0 Å². The molecule has 0 N–H and O–H groups in total. The van der Waals surface area contributed by atoms with E-state index in [1.807, 2.05) is 24.3 Å². The van der Waals surface area contributed by atoms with E-state index in [1.54, 1.807) is 24.1 Å². The summed E-state index contributed by atoms with van der Waals surface area (Å²) in [5.41, 5.74) is 1.74. The minimum Gasteiger partial charge on any atom is -0.341 e. The fraction of sp³-hybridized carbons (Fsp3) is 0.188. The monoisotopic (exact) mass is 351 g/mol. The van der Waals surface area contributed by atoms with E-state index in [4.69, 9.17) is 11.6 Å². The van der Waals surface area contributed by atoms with E-state index in [-0.39, 0.29) is 5.91 Å². The van der Waals surface area contributed by atoms with Crippen LogP contribution >= 0.6 is 27.5 Å². The number of benzene rings is 2. The lowest BCUT2D eigenvalue weighted by Crippen LogP contribution is -2.29. The molecule has 0 bridgehead atoms. The van der Waals surface area contributed by atoms with E-state index in [1.165, 1.54) is 5.56 Å². The van der Waals surface area contributed by atoms with E-state index in [0.29, 0.717) is 17.1 Å². The minimum atomic E-state index is -0.0627. The van der Waals surface area contributed by atoms with Crippen molar-refractivity contribution in [2.24, 2.45) is 0 Å². The number of hydrogen-bond acceptors (Lipinski definition) is 1. The summed E-state index contributed by atoms with van der Waals surface area (Å²) in [5.74, 6) is -0.0627. The molecule has 0 heterocycles. The standard InChI is InChI=1S/C16H15BrClNO/c1-19(10-9-12-5-3-2-4-6-12)16(20)14-11-13(17)7-8-15(14)18/h2-8,11H,9-10H2,1H3. The van der Waals surface area contributed by atoms with Crippen LogP contribution in [0.2, 0.25) is 5.02 Å². The maximum Gasteiger partial charge on any atom is 0.255 e. The van der Waals surface area contributed by atoms with Crippen LogP contribution in [-0.2, 0) is 6.42 Å². The zero-order chi connectivity index (χ0) is 14.5. The van der Waals surface area contributed by atoms with Crippen LogP contribution in [0.4, 0.5) is 0 Å². The van der Waals surface area contributed by atoms with Gasteiger partial charge < -0.3 is 4.90 Å². The number of nitrogens with zero attached hydrogens (tertiary/aromatic N) is 1. The second-order valence-corrected chi connectivity index (χ2v) is 5.91. The minimum absolute atomic E-state index is 0.0627. The summed E-state index contributed by atoms with van der Waals surface area (Å²) in [6.07, 6.45) is 0.828. The number of likely N-dealkylation sites (N-methyl/N-ethyl adjacent to an activating group) is 1. The van der Waals surface area contributed by atoms with Crippen LogP contribution in [-0.4, -0.2) is 24.4 Å². The highest BCUT2D eigenvalue weighted by Gasteiger charge is 2.15. The fourth-order valence-corrected chi connectivity index (χ4v) is 2.47. The summed E-state index contributed by atoms with van der Waals surface area (Å²) in [6, 6.07) is 15.4. The second-order valence-electron chi connectivity index (χ2n) is 4.59. The van der Waals surface area contributed by atoms with E-state index >= 15 is 0 Å². The van der Waals surface area contributed by atoms with Gasteiger partial charge in [0.25, 0.3) is 5.91 Å². The highest BCUT2D eigenvalue weighted by molar-refractivity contribution is 9.10. The Labute approximate surface area is 132 Å². The van der Waals surface area contributed by atoms with Gasteiger partial charge in [0.2, 0.25) is 0 Å². The molecule has 0 spiro atoms. The normalized spacial score (nSPS) is 10.3. The van der Waals surface area contributed by atoms with Gasteiger partial charge in [0, 0.05) is 18.1 Å². The van der Waals surface area contributed by atoms with Gasteiger partial charge in [-0.1, -0.05) is 57.9 Å². The molecule has 1 amide bonds. The second kappa shape index (κ2) is 6.91. The van der Waals surface area contributed by atoms with Crippen molar-refractivity contribution >= 4 is 33.4 Å². The average Bonchev–Trinajstić information content (AvgIpc) is 2.47. The van der Waals surface area contributed by atoms with Gasteiger partial charge in [0.1, 0.15) is 0 Å². The molecule has 0 aliphatic heterocycles. The van der Waals surface area contributed by atoms with Crippen molar-refractivity contribution in [2.45, 2.75) is 6.42 Å². The van der Waals surface area contributed by atoms with Gasteiger partial charge in [-0.05, 0) is 30.2 Å². The van der Waals surface area contributed by atoms with Gasteiger partial charge in [-0.3, -0.25) is 4.79 Å². The van der Waals surface area contributed by atoms with Crippen LogP contribution in [0, 0.1) is 0 Å². The van der Waals surface area contributed by atoms with Crippen molar-refractivity contribution in [3.8, 4) is 0 Å². The maximum atomic E-state index is 12.4. The van der Waals surface area contributed by atoms with Crippen LogP contribution in [0.3, 0.4) is 0 Å². The first-order valence-electron chi connectivity index (χ1n) is 6.32. The largest absolute Gasteiger partial charge is 0.341 e. The molecule has 2 aromatic rings. The lowest BCUT2D eigenvalue weighted by molar-refractivity contribution is 0.0796. The summed E-state index contributed by atoms with van der Waals surface area (Å²) < 4.78 is 0.849. The third-order valence-corrected chi connectivity index (χ3v) is 3.91. The molecule has 0 atom stereocenters. The number of halogens is 2. The van der Waals surface area contributed by atoms with Gasteiger partial charge in [0.15, 0.2) is 0 Å². The molecule has 104 valence electrons. The molecule has 0 fully saturated rings. The van der Waals surface area contributed by atoms with Crippen molar-refractivity contribution in [1.82, 2.24) is 4.90 Å². The van der Waals surface area contributed by atoms with Gasteiger partial charge in [-0.15, -0.1) is 0 Å². The van der Waals surface area contributed by atoms with Crippen LogP contribution in [0.1, 0.15) is 15.9 Å². The average molecular weight is 353 g/mol. The Morgan fingerprint density at radius 3 is 2.60 bits per heavy atom. The summed E-state index contributed by atoms with van der Waals surface area (Å²) in [5, 5.41) is 0.477. The highest BCUT2D eigenvalue weighted by Crippen LogP contribution is 2.22. The summed E-state index contributed by atoms with van der Waals surface area (Å²) in [6.45, 7) is 0.658. The SMILES string of the molecule is CN(CCc1ccccc1)C(=O)c1cc(Br)ccc1Cl. The molecule has 0 aliphatic carbocycles. The Bertz CT molecular complexity index is 601. The molecule has 2 aromatic carbocycles. The van der Waals surface area contributed by atoms with Gasteiger partial charge in [-0.2, -0.15) is 0 Å². The van der Waals surface area contributed by atoms with E-state index in [0.717, 1.165) is 10.9 Å². The zero-order valence-electron chi connectivity index (χ0n) is 11.1. The van der Waals surface area contributed by atoms with Crippen molar-refractivity contribution in [2.75, 3.05) is 13.6 Å². The Hall–Kier alpha value is -1.32. The molecule has 2 nitrogen and oxygen atoms in total. The molecule has 0 radical (unpaired) electrons. The summed E-state index contributed by atoms with van der Waals surface area (Å²) in [7, 11) is 1.79. The Morgan fingerprint density at radius 2 is 1.90 bits per heavy atom. The molecule has 0 saturated carbocycles. The van der Waals surface area contributed by atoms with Crippen LogP contribution in [0.5, 0.6) is 0 Å². The van der Waals surface area contributed by atoms with E-state index < -0.39 is 0 Å². The molecule has 0 saturated heterocycles. The number of amides is 1. The lowest BCUT2D eigenvalue weighted by Gasteiger charge is -2.18. The first kappa shape index (κ1) is 15.1. The Kier molecular flexibility index (Phi) is 5.21. The molecule has 20 heavy (non-hydrogen) atoms. The summed E-state index contributed by atoms with van der Waals surface area (Å²) >= 11 is 9.44. The van der Waals surface area contributed by atoms with Gasteiger partial charge >= 0.3 is 0 Å². The van der Waals surface area contributed by atoms with Crippen molar-refractivity contribution in [1.29, 1.82) is 0 Å². The molecule has 2 rings (SSSR count). The zero-order valence-corrected chi connectivity index (χ0v) is 13.5. The third-order valence-electron chi connectivity index (χ3n) is 3.08. The van der Waals surface area contributed by atoms with Gasteiger partial charge in [0.05, 0.1) is 10.6 Å². The van der Waals surface area contributed by atoms with Crippen molar-refractivity contribution < 1.29 is 4.79 Å². The maximum absolute atomic E-state index is 12.4. The number of carbonyl (C=O) groups is 1. The van der Waals surface area contributed by atoms with Crippen LogP contribution in [0.25, 0.3) is 0 Å². The first-order chi connectivity index (χ1) is 9.58. The number of rotatable bonds is 4. The molecule has 0 unspecified atom stereocenters. The highest BCUT2D eigenvalue weighted by atomic mass is 79.9. The fourth-order valence-electron chi connectivity index (χ4n) is 1.91. The molecule has 0 aliphatic rings. The van der Waals surface area contributed by atoms with Crippen LogP contribution in [0.15, 0.2) is 53.0 Å².